The number of sulfonamides is 1. The molecule has 20 heavy (non-hydrogen) atoms. The zero-order chi connectivity index (χ0) is 14.9. The van der Waals surface area contributed by atoms with E-state index in [0.717, 1.165) is 18.8 Å². The van der Waals surface area contributed by atoms with Crippen LogP contribution in [0.3, 0.4) is 0 Å². The van der Waals surface area contributed by atoms with E-state index in [2.05, 4.69) is 16.8 Å². The van der Waals surface area contributed by atoms with Gasteiger partial charge in [-0.3, -0.25) is 0 Å². The van der Waals surface area contributed by atoms with Crippen molar-refractivity contribution in [2.45, 2.75) is 23.8 Å². The van der Waals surface area contributed by atoms with Gasteiger partial charge in [0.1, 0.15) is 4.90 Å². The lowest BCUT2D eigenvalue weighted by atomic mass is 10.2. The van der Waals surface area contributed by atoms with Gasteiger partial charge in [0.2, 0.25) is 10.0 Å². The average Bonchev–Trinajstić information content (AvgIpc) is 2.73. The zero-order valence-electron chi connectivity index (χ0n) is 11.9. The quantitative estimate of drug-likeness (QED) is 0.787. The molecule has 1 unspecified atom stereocenters. The molecular formula is C13H22N4O2S. The first-order valence-electron chi connectivity index (χ1n) is 6.63. The van der Waals surface area contributed by atoms with Gasteiger partial charge in [0.15, 0.2) is 0 Å². The van der Waals surface area contributed by atoms with E-state index in [4.69, 9.17) is 10.9 Å². The van der Waals surface area contributed by atoms with E-state index in [-0.39, 0.29) is 10.6 Å². The zero-order valence-corrected chi connectivity index (χ0v) is 12.7. The molecule has 0 saturated carbocycles. The minimum absolute atomic E-state index is 0.0207. The van der Waals surface area contributed by atoms with Crippen molar-refractivity contribution < 1.29 is 8.42 Å². The lowest BCUT2D eigenvalue weighted by Gasteiger charge is -2.27. The van der Waals surface area contributed by atoms with Gasteiger partial charge >= 0.3 is 0 Å². The van der Waals surface area contributed by atoms with Crippen LogP contribution in [-0.2, 0) is 10.0 Å². The Bertz CT molecular complexity index is 588. The maximum Gasteiger partial charge on any atom is 0.240 e. The molecule has 0 amide bonds. The summed E-state index contributed by atoms with van der Waals surface area (Å²) in [4.78, 5) is 4.42. The van der Waals surface area contributed by atoms with E-state index >= 15 is 0 Å². The van der Waals surface area contributed by atoms with Crippen molar-refractivity contribution in [2.24, 2.45) is 5.14 Å². The number of nitrogens with two attached hydrogens (primary N) is 2. The number of likely N-dealkylation sites (tertiary alicyclic amines) is 1. The van der Waals surface area contributed by atoms with E-state index in [1.165, 1.54) is 18.9 Å². The third kappa shape index (κ3) is 3.23. The molecule has 1 heterocycles. The molecule has 0 aliphatic carbocycles. The highest BCUT2D eigenvalue weighted by Crippen LogP contribution is 2.25. The number of nitrogen functional groups attached to an aromatic ring is 1. The van der Waals surface area contributed by atoms with E-state index in [1.807, 2.05) is 7.05 Å². The first kappa shape index (κ1) is 15.1. The maximum atomic E-state index is 11.3. The van der Waals surface area contributed by atoms with Crippen molar-refractivity contribution in [2.75, 3.05) is 37.8 Å². The minimum Gasteiger partial charge on any atom is -0.398 e. The summed E-state index contributed by atoms with van der Waals surface area (Å²) in [5.41, 5.74) is 6.87. The highest BCUT2D eigenvalue weighted by molar-refractivity contribution is 7.89. The normalized spacial score (nSPS) is 20.2. The monoisotopic (exact) mass is 298 g/mol. The SMILES string of the molecule is CN(CC1CCCN1C)c1ccc(S(N)(=O)=O)c(N)c1. The van der Waals surface area contributed by atoms with Crippen LogP contribution in [-0.4, -0.2) is 46.5 Å². The van der Waals surface area contributed by atoms with Crippen LogP contribution in [0, 0.1) is 0 Å². The number of primary sulfonamides is 1. The third-order valence-corrected chi connectivity index (χ3v) is 4.88. The van der Waals surface area contributed by atoms with Crippen molar-refractivity contribution in [3.8, 4) is 0 Å². The number of likely N-dealkylation sites (N-methyl/N-ethyl adjacent to an activating group) is 2. The van der Waals surface area contributed by atoms with Gasteiger partial charge in [-0.1, -0.05) is 0 Å². The Morgan fingerprint density at radius 1 is 1.45 bits per heavy atom. The number of anilines is 2. The summed E-state index contributed by atoms with van der Waals surface area (Å²) in [6.45, 7) is 2.02. The summed E-state index contributed by atoms with van der Waals surface area (Å²) in [6, 6.07) is 5.40. The molecule has 0 aromatic heterocycles. The molecule has 1 aromatic rings. The van der Waals surface area contributed by atoms with Crippen molar-refractivity contribution in [3.05, 3.63) is 18.2 Å². The molecule has 2 rings (SSSR count). The fourth-order valence-electron chi connectivity index (χ4n) is 2.66. The molecule has 6 nitrogen and oxygen atoms in total. The van der Waals surface area contributed by atoms with Gasteiger partial charge in [-0.05, 0) is 44.6 Å². The Labute approximate surface area is 120 Å². The lowest BCUT2D eigenvalue weighted by molar-refractivity contribution is 0.314. The summed E-state index contributed by atoms with van der Waals surface area (Å²) < 4.78 is 22.7. The molecule has 112 valence electrons. The topological polar surface area (TPSA) is 92.7 Å². The Morgan fingerprint density at radius 3 is 2.65 bits per heavy atom. The Balaban J connectivity index is 2.15. The molecule has 1 aliphatic heterocycles. The summed E-state index contributed by atoms with van der Waals surface area (Å²) >= 11 is 0. The van der Waals surface area contributed by atoms with Gasteiger partial charge in [-0.15, -0.1) is 0 Å². The number of benzene rings is 1. The van der Waals surface area contributed by atoms with E-state index in [1.54, 1.807) is 12.1 Å². The second-order valence-electron chi connectivity index (χ2n) is 5.42. The van der Waals surface area contributed by atoms with Gasteiger partial charge in [0.05, 0.1) is 5.69 Å². The molecule has 1 saturated heterocycles. The fraction of sp³-hybridized carbons (Fsp3) is 0.538. The first-order chi connectivity index (χ1) is 9.29. The van der Waals surface area contributed by atoms with Crippen LogP contribution in [0.1, 0.15) is 12.8 Å². The van der Waals surface area contributed by atoms with E-state index < -0.39 is 10.0 Å². The number of hydrogen-bond acceptors (Lipinski definition) is 5. The molecule has 0 radical (unpaired) electrons. The first-order valence-corrected chi connectivity index (χ1v) is 8.17. The van der Waals surface area contributed by atoms with E-state index in [0.29, 0.717) is 6.04 Å². The molecule has 1 aliphatic rings. The second-order valence-corrected chi connectivity index (χ2v) is 6.95. The van der Waals surface area contributed by atoms with Crippen LogP contribution in [0.5, 0.6) is 0 Å². The van der Waals surface area contributed by atoms with Crippen molar-refractivity contribution in [3.63, 3.8) is 0 Å². The molecule has 7 heteroatoms. The highest BCUT2D eigenvalue weighted by Gasteiger charge is 2.22. The maximum absolute atomic E-state index is 11.3. The largest absolute Gasteiger partial charge is 0.398 e. The minimum atomic E-state index is -3.76. The van der Waals surface area contributed by atoms with Crippen LogP contribution in [0.2, 0.25) is 0 Å². The predicted octanol–water partition coefficient (Wildman–Crippen LogP) is 0.447. The molecule has 4 N–H and O–H groups in total. The highest BCUT2D eigenvalue weighted by atomic mass is 32.2. The van der Waals surface area contributed by atoms with Crippen molar-refractivity contribution in [1.82, 2.24) is 4.90 Å². The van der Waals surface area contributed by atoms with Gasteiger partial charge in [-0.2, -0.15) is 0 Å². The average molecular weight is 298 g/mol. The number of rotatable bonds is 4. The van der Waals surface area contributed by atoms with Crippen LogP contribution >= 0.6 is 0 Å². The Morgan fingerprint density at radius 2 is 2.15 bits per heavy atom. The lowest BCUT2D eigenvalue weighted by Crippen LogP contribution is -2.36. The molecule has 1 aromatic carbocycles. The second kappa shape index (κ2) is 5.59. The standard InChI is InChI=1S/C13H22N4O2S/c1-16-7-3-4-11(16)9-17(2)10-5-6-13(12(14)8-10)20(15,18)19/h5-6,8,11H,3-4,7,9,14H2,1-2H3,(H2,15,18,19). The number of nitrogens with zero attached hydrogens (tertiary/aromatic N) is 2. The number of hydrogen-bond donors (Lipinski definition) is 2. The smallest absolute Gasteiger partial charge is 0.240 e. The molecule has 0 spiro atoms. The summed E-state index contributed by atoms with van der Waals surface area (Å²) in [6.07, 6.45) is 2.41. The summed E-state index contributed by atoms with van der Waals surface area (Å²) in [7, 11) is 0.354. The molecule has 1 atom stereocenters. The summed E-state index contributed by atoms with van der Waals surface area (Å²) in [5.74, 6) is 0. The van der Waals surface area contributed by atoms with Crippen LogP contribution in [0.15, 0.2) is 23.1 Å². The third-order valence-electron chi connectivity index (χ3n) is 3.90. The van der Waals surface area contributed by atoms with Gasteiger partial charge in [0.25, 0.3) is 0 Å². The Hall–Kier alpha value is -1.31. The van der Waals surface area contributed by atoms with Crippen molar-refractivity contribution >= 4 is 21.4 Å². The van der Waals surface area contributed by atoms with Gasteiger partial charge in [-0.25, -0.2) is 13.6 Å². The van der Waals surface area contributed by atoms with Gasteiger partial charge < -0.3 is 15.5 Å². The van der Waals surface area contributed by atoms with Crippen molar-refractivity contribution in [1.29, 1.82) is 0 Å². The van der Waals surface area contributed by atoms with Gasteiger partial charge in [0, 0.05) is 25.3 Å². The van der Waals surface area contributed by atoms with Crippen LogP contribution in [0.4, 0.5) is 11.4 Å². The van der Waals surface area contributed by atoms with Crippen LogP contribution < -0.4 is 15.8 Å². The fourth-order valence-corrected chi connectivity index (χ4v) is 3.31. The summed E-state index contributed by atoms with van der Waals surface area (Å²) in [5, 5.41) is 5.11. The predicted molar refractivity (Wildman–Crippen MR) is 81.1 cm³/mol. The molecule has 1 fully saturated rings. The Kier molecular flexibility index (Phi) is 4.22. The molecular weight excluding hydrogens is 276 g/mol. The van der Waals surface area contributed by atoms with E-state index in [9.17, 15) is 8.42 Å². The molecule has 0 bridgehead atoms. The van der Waals surface area contributed by atoms with Crippen LogP contribution in [0.25, 0.3) is 0 Å².